The van der Waals surface area contributed by atoms with Crippen molar-refractivity contribution in [3.05, 3.63) is 15.9 Å². The summed E-state index contributed by atoms with van der Waals surface area (Å²) in [5.41, 5.74) is 9.25. The summed E-state index contributed by atoms with van der Waals surface area (Å²) in [4.78, 5) is 0. The van der Waals surface area contributed by atoms with Crippen molar-refractivity contribution in [2.24, 2.45) is 30.0 Å². The Labute approximate surface area is 137 Å². The molecule has 2 rings (SSSR count). The van der Waals surface area contributed by atoms with Gasteiger partial charge in [0.05, 0.1) is 15.9 Å². The van der Waals surface area contributed by atoms with Gasteiger partial charge in [0.15, 0.2) is 0 Å². The number of rotatable bonds is 3. The zero-order valence-corrected chi connectivity index (χ0v) is 15.7. The molecule has 0 radical (unpaired) electrons. The minimum absolute atomic E-state index is 0.247. The Morgan fingerprint density at radius 1 is 1.29 bits per heavy atom. The van der Waals surface area contributed by atoms with Crippen molar-refractivity contribution in [2.45, 2.75) is 65.8 Å². The van der Waals surface area contributed by atoms with E-state index in [1.165, 1.54) is 31.4 Å². The summed E-state index contributed by atoms with van der Waals surface area (Å²) in [6, 6.07) is 0.247. The first-order valence-electron chi connectivity index (χ1n) is 8.13. The Morgan fingerprint density at radius 3 is 2.29 bits per heavy atom. The minimum atomic E-state index is 0.247. The predicted molar refractivity (Wildman–Crippen MR) is 92.2 cm³/mol. The molecule has 1 unspecified atom stereocenters. The normalized spacial score (nSPS) is 25.1. The molecule has 0 bridgehead atoms. The molecule has 1 heterocycles. The second-order valence-electron chi connectivity index (χ2n) is 7.82. The second kappa shape index (κ2) is 6.41. The van der Waals surface area contributed by atoms with E-state index in [4.69, 9.17) is 5.73 Å². The zero-order valence-electron chi connectivity index (χ0n) is 14.1. The highest BCUT2D eigenvalue weighted by molar-refractivity contribution is 9.10. The van der Waals surface area contributed by atoms with Gasteiger partial charge >= 0.3 is 0 Å². The number of aryl methyl sites for hydroxylation is 2. The van der Waals surface area contributed by atoms with Crippen LogP contribution in [-0.2, 0) is 13.5 Å². The molecule has 1 aliphatic carbocycles. The largest absolute Gasteiger partial charge is 0.327 e. The lowest BCUT2D eigenvalue weighted by atomic mass is 9.68. The fourth-order valence-corrected chi connectivity index (χ4v) is 4.20. The summed E-state index contributed by atoms with van der Waals surface area (Å²) < 4.78 is 3.10. The molecule has 1 aromatic rings. The highest BCUT2D eigenvalue weighted by Gasteiger charge is 2.32. The fraction of sp³-hybridized carbons (Fsp3) is 0.824. The van der Waals surface area contributed by atoms with Crippen LogP contribution in [-0.4, -0.2) is 15.8 Å². The smallest absolute Gasteiger partial charge is 0.0738 e. The monoisotopic (exact) mass is 355 g/mol. The Hall–Kier alpha value is -0.350. The molecule has 1 fully saturated rings. The van der Waals surface area contributed by atoms with Crippen LogP contribution in [0.2, 0.25) is 0 Å². The van der Waals surface area contributed by atoms with Crippen LogP contribution in [0.1, 0.15) is 57.8 Å². The van der Waals surface area contributed by atoms with Gasteiger partial charge in [-0.2, -0.15) is 5.10 Å². The summed E-state index contributed by atoms with van der Waals surface area (Å²) >= 11 is 3.65. The van der Waals surface area contributed by atoms with Crippen LogP contribution in [0.15, 0.2) is 4.47 Å². The molecular formula is C17H30BrN3. The van der Waals surface area contributed by atoms with Crippen molar-refractivity contribution in [3.63, 3.8) is 0 Å². The number of hydrogen-bond donors (Lipinski definition) is 1. The van der Waals surface area contributed by atoms with Crippen molar-refractivity contribution < 1.29 is 0 Å². The van der Waals surface area contributed by atoms with Gasteiger partial charge in [-0.05, 0) is 65.8 Å². The number of aromatic nitrogens is 2. The van der Waals surface area contributed by atoms with Gasteiger partial charge in [-0.25, -0.2) is 0 Å². The Bertz CT molecular complexity index is 479. The van der Waals surface area contributed by atoms with Gasteiger partial charge in [-0.1, -0.05) is 20.8 Å². The molecule has 4 heteroatoms. The van der Waals surface area contributed by atoms with Gasteiger partial charge in [0.1, 0.15) is 0 Å². The van der Waals surface area contributed by atoms with E-state index < -0.39 is 0 Å². The minimum Gasteiger partial charge on any atom is -0.327 e. The van der Waals surface area contributed by atoms with Crippen molar-refractivity contribution in [3.8, 4) is 0 Å². The van der Waals surface area contributed by atoms with E-state index >= 15 is 0 Å². The Balaban J connectivity index is 1.95. The number of halogens is 1. The van der Waals surface area contributed by atoms with Gasteiger partial charge in [0, 0.05) is 19.5 Å². The standard InChI is InChI=1S/C17H30BrN3/c1-11-16(18)15(21(5)20-11)10-14(19)12-6-8-13(9-7-12)17(2,3)4/h12-14H,6-10,19H2,1-5H3. The maximum Gasteiger partial charge on any atom is 0.0738 e. The number of nitrogens with zero attached hydrogens (tertiary/aromatic N) is 2. The van der Waals surface area contributed by atoms with Gasteiger partial charge in [0.2, 0.25) is 0 Å². The van der Waals surface area contributed by atoms with E-state index in [0.717, 1.165) is 22.5 Å². The van der Waals surface area contributed by atoms with Crippen LogP contribution in [0.4, 0.5) is 0 Å². The van der Waals surface area contributed by atoms with Crippen molar-refractivity contribution in [1.29, 1.82) is 0 Å². The summed E-state index contributed by atoms with van der Waals surface area (Å²) in [5.74, 6) is 1.51. The van der Waals surface area contributed by atoms with E-state index in [1.54, 1.807) is 0 Å². The Kier molecular flexibility index (Phi) is 5.19. The lowest BCUT2D eigenvalue weighted by molar-refractivity contribution is 0.139. The molecule has 21 heavy (non-hydrogen) atoms. The molecule has 0 aliphatic heterocycles. The quantitative estimate of drug-likeness (QED) is 0.882. The average Bonchev–Trinajstić information content (AvgIpc) is 2.64. The molecule has 1 aliphatic rings. The van der Waals surface area contributed by atoms with Gasteiger partial charge in [-0.3, -0.25) is 4.68 Å². The average molecular weight is 356 g/mol. The Morgan fingerprint density at radius 2 is 1.86 bits per heavy atom. The third-order valence-corrected chi connectivity index (χ3v) is 6.32. The van der Waals surface area contributed by atoms with E-state index in [0.29, 0.717) is 11.3 Å². The summed E-state index contributed by atoms with van der Waals surface area (Å²) in [7, 11) is 2.01. The molecular weight excluding hydrogens is 326 g/mol. The maximum absolute atomic E-state index is 6.52. The molecule has 1 saturated carbocycles. The molecule has 0 saturated heterocycles. The molecule has 0 spiro atoms. The lowest BCUT2D eigenvalue weighted by Gasteiger charge is -2.38. The molecule has 1 atom stereocenters. The van der Waals surface area contributed by atoms with E-state index in [2.05, 4.69) is 41.8 Å². The highest BCUT2D eigenvalue weighted by atomic mass is 79.9. The van der Waals surface area contributed by atoms with E-state index in [9.17, 15) is 0 Å². The molecule has 120 valence electrons. The van der Waals surface area contributed by atoms with Gasteiger partial charge in [-0.15, -0.1) is 0 Å². The maximum atomic E-state index is 6.52. The topological polar surface area (TPSA) is 43.8 Å². The van der Waals surface area contributed by atoms with Crippen molar-refractivity contribution in [1.82, 2.24) is 9.78 Å². The zero-order chi connectivity index (χ0) is 15.8. The van der Waals surface area contributed by atoms with E-state index in [-0.39, 0.29) is 6.04 Å². The van der Waals surface area contributed by atoms with Crippen molar-refractivity contribution >= 4 is 15.9 Å². The molecule has 2 N–H and O–H groups in total. The first-order valence-corrected chi connectivity index (χ1v) is 8.93. The van der Waals surface area contributed by atoms with Gasteiger partial charge < -0.3 is 5.73 Å². The third kappa shape index (κ3) is 3.89. The van der Waals surface area contributed by atoms with Crippen LogP contribution in [0.25, 0.3) is 0 Å². The molecule has 1 aromatic heterocycles. The van der Waals surface area contributed by atoms with Crippen LogP contribution >= 0.6 is 15.9 Å². The van der Waals surface area contributed by atoms with Crippen molar-refractivity contribution in [2.75, 3.05) is 0 Å². The first-order chi connectivity index (χ1) is 9.70. The summed E-state index contributed by atoms with van der Waals surface area (Å²) in [6.45, 7) is 9.14. The third-order valence-electron chi connectivity index (χ3n) is 5.29. The number of hydrogen-bond acceptors (Lipinski definition) is 2. The van der Waals surface area contributed by atoms with Crippen LogP contribution in [0.3, 0.4) is 0 Å². The van der Waals surface area contributed by atoms with Crippen LogP contribution < -0.4 is 5.73 Å². The van der Waals surface area contributed by atoms with Crippen LogP contribution in [0.5, 0.6) is 0 Å². The summed E-state index contributed by atoms with van der Waals surface area (Å²) in [5, 5.41) is 4.47. The molecule has 0 aromatic carbocycles. The SMILES string of the molecule is Cc1nn(C)c(CC(N)C2CCC(C(C)(C)C)CC2)c1Br. The highest BCUT2D eigenvalue weighted by Crippen LogP contribution is 2.40. The second-order valence-corrected chi connectivity index (χ2v) is 8.61. The number of nitrogens with two attached hydrogens (primary N) is 1. The molecule has 3 nitrogen and oxygen atoms in total. The van der Waals surface area contributed by atoms with E-state index in [1.807, 2.05) is 18.7 Å². The summed E-state index contributed by atoms with van der Waals surface area (Å²) in [6.07, 6.45) is 6.12. The van der Waals surface area contributed by atoms with Gasteiger partial charge in [0.25, 0.3) is 0 Å². The lowest BCUT2D eigenvalue weighted by Crippen LogP contribution is -2.37. The predicted octanol–water partition coefficient (Wildman–Crippen LogP) is 4.21. The first kappa shape index (κ1) is 17.0. The fourth-order valence-electron chi connectivity index (χ4n) is 3.71. The van der Waals surface area contributed by atoms with Crippen LogP contribution in [0, 0.1) is 24.2 Å². The molecule has 0 amide bonds.